The van der Waals surface area contributed by atoms with Gasteiger partial charge in [-0.15, -0.1) is 5.92 Å². The molecule has 1 aliphatic rings. The summed E-state index contributed by atoms with van der Waals surface area (Å²) in [5.41, 5.74) is 0. The van der Waals surface area contributed by atoms with Crippen molar-refractivity contribution in [3.8, 4) is 11.8 Å². The molecule has 11 heavy (non-hydrogen) atoms. The number of hydrogen-bond acceptors (Lipinski definition) is 1. The van der Waals surface area contributed by atoms with Gasteiger partial charge in [-0.05, 0) is 25.9 Å². The molecule has 1 heterocycles. The highest BCUT2D eigenvalue weighted by atomic mass is 19.0. The molecule has 0 aromatic carbocycles. The van der Waals surface area contributed by atoms with Crippen molar-refractivity contribution in [2.45, 2.75) is 26.2 Å². The molecule has 1 nitrogen and oxygen atoms in total. The maximum absolute atomic E-state index is 3.15. The van der Waals surface area contributed by atoms with Crippen molar-refractivity contribution in [2.24, 2.45) is 0 Å². The van der Waals surface area contributed by atoms with Crippen LogP contribution in [-0.4, -0.2) is 24.5 Å². The molecule has 0 bridgehead atoms. The van der Waals surface area contributed by atoms with Gasteiger partial charge in [0.1, 0.15) is 0 Å². The third-order valence-corrected chi connectivity index (χ3v) is 1.80. The maximum Gasteiger partial charge on any atom is 0.0601 e. The predicted molar refractivity (Wildman–Crippen MR) is 46.2 cm³/mol. The zero-order valence-electron chi connectivity index (χ0n) is 7.10. The molecule has 1 saturated heterocycles. The van der Waals surface area contributed by atoms with Crippen LogP contribution in [0.1, 0.15) is 26.2 Å². The van der Waals surface area contributed by atoms with Crippen LogP contribution in [0.15, 0.2) is 0 Å². The Morgan fingerprint density at radius 2 is 1.82 bits per heavy atom. The molecule has 1 aliphatic heterocycles. The van der Waals surface area contributed by atoms with Crippen LogP contribution < -0.4 is 0 Å². The van der Waals surface area contributed by atoms with Crippen molar-refractivity contribution in [1.29, 1.82) is 0 Å². The SMILES string of the molecule is CCC#CCN1CCCC1.F. The van der Waals surface area contributed by atoms with Crippen molar-refractivity contribution < 1.29 is 4.70 Å². The highest BCUT2D eigenvalue weighted by Crippen LogP contribution is 2.05. The molecule has 0 atom stereocenters. The Labute approximate surface area is 68.1 Å². The Balaban J connectivity index is 0.000001000. The van der Waals surface area contributed by atoms with Crippen molar-refractivity contribution >= 4 is 0 Å². The highest BCUT2D eigenvalue weighted by Gasteiger charge is 2.08. The molecule has 1 rings (SSSR count). The second-order valence-electron chi connectivity index (χ2n) is 2.69. The molecule has 0 N–H and O–H groups in total. The highest BCUT2D eigenvalue weighted by molar-refractivity contribution is 5.00. The normalized spacial score (nSPS) is 16.8. The summed E-state index contributed by atoms with van der Waals surface area (Å²) < 4.78 is 0. The first-order valence-electron chi connectivity index (χ1n) is 4.11. The van der Waals surface area contributed by atoms with Gasteiger partial charge in [0.05, 0.1) is 6.54 Å². The minimum Gasteiger partial charge on any atom is -0.292 e. The second-order valence-corrected chi connectivity index (χ2v) is 2.69. The van der Waals surface area contributed by atoms with Gasteiger partial charge in [-0.2, -0.15) is 0 Å². The summed E-state index contributed by atoms with van der Waals surface area (Å²) in [5, 5.41) is 0. The third-order valence-electron chi connectivity index (χ3n) is 1.80. The fraction of sp³-hybridized carbons (Fsp3) is 0.778. The summed E-state index contributed by atoms with van der Waals surface area (Å²) in [6.07, 6.45) is 3.73. The van der Waals surface area contributed by atoms with E-state index in [1.165, 1.54) is 25.9 Å². The number of hydrogen-bond donors (Lipinski definition) is 0. The number of likely N-dealkylation sites (tertiary alicyclic amines) is 1. The lowest BCUT2D eigenvalue weighted by molar-refractivity contribution is 0.383. The molecule has 0 unspecified atom stereocenters. The molecule has 0 spiro atoms. The first-order chi connectivity index (χ1) is 4.93. The molecule has 0 amide bonds. The summed E-state index contributed by atoms with van der Waals surface area (Å²) in [7, 11) is 0. The average Bonchev–Trinajstić information content (AvgIpc) is 2.41. The molecule has 0 aromatic heterocycles. The van der Waals surface area contributed by atoms with Crippen LogP contribution in [0.25, 0.3) is 0 Å². The van der Waals surface area contributed by atoms with Gasteiger partial charge in [0, 0.05) is 6.42 Å². The number of nitrogens with zero attached hydrogens (tertiary/aromatic N) is 1. The lowest BCUT2D eigenvalue weighted by atomic mass is 10.4. The van der Waals surface area contributed by atoms with E-state index >= 15 is 0 Å². The van der Waals surface area contributed by atoms with E-state index in [-0.39, 0.29) is 4.70 Å². The van der Waals surface area contributed by atoms with Crippen LogP contribution in [0.5, 0.6) is 0 Å². The molecule has 2 heteroatoms. The Morgan fingerprint density at radius 1 is 1.18 bits per heavy atom. The van der Waals surface area contributed by atoms with E-state index in [2.05, 4.69) is 23.7 Å². The van der Waals surface area contributed by atoms with Crippen molar-refractivity contribution in [1.82, 2.24) is 4.90 Å². The Morgan fingerprint density at radius 3 is 2.36 bits per heavy atom. The molecule has 0 aliphatic carbocycles. The average molecular weight is 157 g/mol. The molecular formula is C9H16FN. The van der Waals surface area contributed by atoms with Crippen LogP contribution in [-0.2, 0) is 0 Å². The maximum atomic E-state index is 3.15. The molecule has 64 valence electrons. The summed E-state index contributed by atoms with van der Waals surface area (Å²) in [6.45, 7) is 5.61. The van der Waals surface area contributed by atoms with Crippen LogP contribution >= 0.6 is 0 Å². The fourth-order valence-electron chi connectivity index (χ4n) is 1.23. The Kier molecular flexibility index (Phi) is 5.87. The summed E-state index contributed by atoms with van der Waals surface area (Å²) in [4.78, 5) is 2.42. The van der Waals surface area contributed by atoms with Gasteiger partial charge >= 0.3 is 0 Å². The van der Waals surface area contributed by atoms with Gasteiger partial charge in [0.15, 0.2) is 0 Å². The molecule has 1 fully saturated rings. The topological polar surface area (TPSA) is 3.24 Å². The van der Waals surface area contributed by atoms with Crippen LogP contribution in [0, 0.1) is 11.8 Å². The predicted octanol–water partition coefficient (Wildman–Crippen LogP) is 1.65. The monoisotopic (exact) mass is 157 g/mol. The van der Waals surface area contributed by atoms with Crippen molar-refractivity contribution in [3.63, 3.8) is 0 Å². The standard InChI is InChI=1S/C9H15N.FH/c1-2-3-4-7-10-8-5-6-9-10;/h2,5-9H2,1H3;1H. The zero-order valence-corrected chi connectivity index (χ0v) is 7.10. The van der Waals surface area contributed by atoms with Crippen LogP contribution in [0.3, 0.4) is 0 Å². The Bertz CT molecular complexity index is 139. The minimum absolute atomic E-state index is 0. The smallest absolute Gasteiger partial charge is 0.0601 e. The Hall–Kier alpha value is -0.550. The molecule has 0 radical (unpaired) electrons. The summed E-state index contributed by atoms with van der Waals surface area (Å²) in [6, 6.07) is 0. The summed E-state index contributed by atoms with van der Waals surface area (Å²) in [5.74, 6) is 6.24. The first-order valence-corrected chi connectivity index (χ1v) is 4.11. The number of rotatable bonds is 1. The zero-order chi connectivity index (χ0) is 7.23. The first kappa shape index (κ1) is 10.4. The minimum atomic E-state index is 0. The molecule has 0 aromatic rings. The van der Waals surface area contributed by atoms with Gasteiger partial charge < -0.3 is 0 Å². The van der Waals surface area contributed by atoms with E-state index in [0.29, 0.717) is 0 Å². The quantitative estimate of drug-likeness (QED) is 0.523. The largest absolute Gasteiger partial charge is 0.292 e. The van der Waals surface area contributed by atoms with Crippen LogP contribution in [0.4, 0.5) is 4.70 Å². The van der Waals surface area contributed by atoms with E-state index < -0.39 is 0 Å². The van der Waals surface area contributed by atoms with Gasteiger partial charge in [-0.3, -0.25) is 9.60 Å². The van der Waals surface area contributed by atoms with Gasteiger partial charge in [-0.1, -0.05) is 12.8 Å². The van der Waals surface area contributed by atoms with E-state index in [9.17, 15) is 0 Å². The lowest BCUT2D eigenvalue weighted by Crippen LogP contribution is -2.18. The summed E-state index contributed by atoms with van der Waals surface area (Å²) >= 11 is 0. The van der Waals surface area contributed by atoms with Gasteiger partial charge in [-0.25, -0.2) is 0 Å². The second kappa shape index (κ2) is 6.18. The number of halogens is 1. The van der Waals surface area contributed by atoms with Crippen LogP contribution in [0.2, 0.25) is 0 Å². The van der Waals surface area contributed by atoms with Gasteiger partial charge in [0.25, 0.3) is 0 Å². The third kappa shape index (κ3) is 4.00. The van der Waals surface area contributed by atoms with E-state index in [1.54, 1.807) is 0 Å². The van der Waals surface area contributed by atoms with E-state index in [0.717, 1.165) is 13.0 Å². The molecule has 0 saturated carbocycles. The van der Waals surface area contributed by atoms with Crippen molar-refractivity contribution in [2.75, 3.05) is 19.6 Å². The van der Waals surface area contributed by atoms with Crippen molar-refractivity contribution in [3.05, 3.63) is 0 Å². The van der Waals surface area contributed by atoms with E-state index in [4.69, 9.17) is 0 Å². The lowest BCUT2D eigenvalue weighted by Gasteiger charge is -2.08. The molecular weight excluding hydrogens is 141 g/mol. The van der Waals surface area contributed by atoms with Gasteiger partial charge in [0.2, 0.25) is 0 Å². The van der Waals surface area contributed by atoms with E-state index in [1.807, 2.05) is 0 Å². The fourth-order valence-corrected chi connectivity index (χ4v) is 1.23.